The van der Waals surface area contributed by atoms with Crippen molar-refractivity contribution >= 4 is 66.4 Å². The zero-order valence-corrected chi connectivity index (χ0v) is 35.2. The average molecular weight is 839 g/mol. The first-order valence-electron chi connectivity index (χ1n) is 22.0. The summed E-state index contributed by atoms with van der Waals surface area (Å²) in [5.74, 6) is -0.578. The van der Waals surface area contributed by atoms with Gasteiger partial charge in [0.05, 0.1) is 11.1 Å². The zero-order chi connectivity index (χ0) is 43.5. The van der Waals surface area contributed by atoms with Gasteiger partial charge in [-0.1, -0.05) is 158 Å². The van der Waals surface area contributed by atoms with Crippen molar-refractivity contribution in [1.29, 1.82) is 0 Å². The van der Waals surface area contributed by atoms with Crippen LogP contribution in [0.5, 0.6) is 0 Å². The van der Waals surface area contributed by atoms with Gasteiger partial charge in [-0.05, 0) is 145 Å². The highest BCUT2D eigenvalue weighted by atomic mass is 19.1. The van der Waals surface area contributed by atoms with Gasteiger partial charge in [0.2, 0.25) is 0 Å². The predicted molar refractivity (Wildman–Crippen MR) is 266 cm³/mol. The first kappa shape index (κ1) is 38.3. The Balaban J connectivity index is 1.25. The first-order valence-corrected chi connectivity index (χ1v) is 22.0. The van der Waals surface area contributed by atoms with Gasteiger partial charge in [0.25, 0.3) is 0 Å². The van der Waals surface area contributed by atoms with Crippen molar-refractivity contribution in [3.8, 4) is 11.1 Å². The van der Waals surface area contributed by atoms with E-state index in [4.69, 9.17) is 0 Å². The predicted octanol–water partition coefficient (Wildman–Crippen LogP) is 16.7. The van der Waals surface area contributed by atoms with E-state index >= 15 is 4.39 Å². The van der Waals surface area contributed by atoms with Crippen molar-refractivity contribution in [2.75, 3.05) is 9.80 Å². The van der Waals surface area contributed by atoms with E-state index in [9.17, 15) is 4.39 Å². The normalized spacial score (nSPS) is 12.6. The maximum absolute atomic E-state index is 15.1. The van der Waals surface area contributed by atoms with E-state index in [1.165, 1.54) is 34.9 Å². The van der Waals surface area contributed by atoms with Gasteiger partial charge < -0.3 is 9.80 Å². The molecule has 0 heterocycles. The lowest BCUT2D eigenvalue weighted by molar-refractivity contribution is 0.627. The Labute approximate surface area is 376 Å². The van der Waals surface area contributed by atoms with Crippen LogP contribution in [0.15, 0.2) is 243 Å². The lowest BCUT2D eigenvalue weighted by Gasteiger charge is -2.36. The Bertz CT molecular complexity index is 3520. The van der Waals surface area contributed by atoms with Crippen LogP contribution in [0.3, 0.4) is 0 Å². The second kappa shape index (κ2) is 15.5. The summed E-state index contributed by atoms with van der Waals surface area (Å²) in [6.07, 6.45) is 0. The number of nitrogens with zero attached hydrogens (tertiary/aromatic N) is 2. The van der Waals surface area contributed by atoms with Gasteiger partial charge in [-0.15, -0.1) is 0 Å². The minimum Gasteiger partial charge on any atom is -0.310 e. The molecule has 1 aliphatic carbocycles. The van der Waals surface area contributed by atoms with E-state index in [1.807, 2.05) is 42.5 Å². The van der Waals surface area contributed by atoms with Crippen molar-refractivity contribution in [2.45, 2.75) is 5.41 Å². The molecule has 0 saturated heterocycles. The maximum Gasteiger partial charge on any atom is 0.125 e. The molecule has 0 N–H and O–H groups in total. The smallest absolute Gasteiger partial charge is 0.125 e. The fourth-order valence-corrected chi connectivity index (χ4v) is 10.6. The van der Waals surface area contributed by atoms with Gasteiger partial charge in [0.15, 0.2) is 0 Å². The Hall–Kier alpha value is -8.34. The Morgan fingerprint density at radius 1 is 0.292 bits per heavy atom. The molecule has 12 rings (SSSR count). The topological polar surface area (TPSA) is 6.48 Å². The Morgan fingerprint density at radius 2 is 0.769 bits per heavy atom. The molecule has 0 atom stereocenters. The molecule has 0 spiro atoms. The van der Waals surface area contributed by atoms with Crippen LogP contribution in [0.4, 0.5) is 42.9 Å². The van der Waals surface area contributed by atoms with Crippen LogP contribution < -0.4 is 9.80 Å². The monoisotopic (exact) mass is 838 g/mol. The van der Waals surface area contributed by atoms with Crippen molar-refractivity contribution in [1.82, 2.24) is 0 Å². The maximum atomic E-state index is 15.1. The third kappa shape index (κ3) is 6.06. The van der Waals surface area contributed by atoms with Crippen LogP contribution in [0.25, 0.3) is 43.4 Å². The number of halogens is 2. The molecule has 11 aromatic rings. The molecular formula is C61H40F2N2. The van der Waals surface area contributed by atoms with Crippen LogP contribution in [-0.2, 0) is 5.41 Å². The van der Waals surface area contributed by atoms with Crippen LogP contribution in [-0.4, -0.2) is 0 Å². The fraction of sp³-hybridized carbons (Fsp3) is 0.0164. The summed E-state index contributed by atoms with van der Waals surface area (Å²) in [5.41, 5.74) is 11.6. The molecule has 1 aliphatic rings. The number of fused-ring (bicyclic) bond motifs is 10. The summed E-state index contributed by atoms with van der Waals surface area (Å²) in [6.45, 7) is 0. The summed E-state index contributed by atoms with van der Waals surface area (Å²) >= 11 is 0. The lowest BCUT2D eigenvalue weighted by atomic mass is 9.66. The summed E-state index contributed by atoms with van der Waals surface area (Å²) in [4.78, 5) is 4.40. The number of para-hydroxylation sites is 2. The molecule has 0 aliphatic heterocycles. The van der Waals surface area contributed by atoms with Gasteiger partial charge in [0, 0.05) is 33.8 Å². The molecule has 2 nitrogen and oxygen atoms in total. The minimum absolute atomic E-state index is 0.284. The summed E-state index contributed by atoms with van der Waals surface area (Å²) in [7, 11) is 0. The molecular weight excluding hydrogens is 799 g/mol. The third-order valence-electron chi connectivity index (χ3n) is 13.2. The van der Waals surface area contributed by atoms with E-state index < -0.39 is 5.41 Å². The second-order valence-electron chi connectivity index (χ2n) is 16.7. The van der Waals surface area contributed by atoms with Gasteiger partial charge in [-0.2, -0.15) is 0 Å². The highest BCUT2D eigenvalue weighted by molar-refractivity contribution is 6.24. The van der Waals surface area contributed by atoms with Crippen molar-refractivity contribution in [3.05, 3.63) is 277 Å². The Morgan fingerprint density at radius 3 is 1.38 bits per heavy atom. The van der Waals surface area contributed by atoms with Crippen LogP contribution in [0.2, 0.25) is 0 Å². The van der Waals surface area contributed by atoms with E-state index in [0.717, 1.165) is 83.1 Å². The second-order valence-corrected chi connectivity index (χ2v) is 16.7. The average Bonchev–Trinajstić information content (AvgIpc) is 3.68. The molecule has 11 aromatic carbocycles. The quantitative estimate of drug-likeness (QED) is 0.141. The van der Waals surface area contributed by atoms with Gasteiger partial charge in [-0.3, -0.25) is 0 Å². The van der Waals surface area contributed by atoms with Crippen molar-refractivity contribution in [3.63, 3.8) is 0 Å². The van der Waals surface area contributed by atoms with E-state index in [1.54, 1.807) is 12.1 Å². The molecule has 0 aromatic heterocycles. The highest BCUT2D eigenvalue weighted by Crippen LogP contribution is 2.63. The van der Waals surface area contributed by atoms with Gasteiger partial charge in [-0.25, -0.2) is 8.78 Å². The number of rotatable bonds is 8. The van der Waals surface area contributed by atoms with Crippen LogP contribution in [0.1, 0.15) is 22.3 Å². The number of benzene rings is 11. The number of hydrogen-bond acceptors (Lipinski definition) is 2. The van der Waals surface area contributed by atoms with E-state index in [0.29, 0.717) is 0 Å². The summed E-state index contributed by atoms with van der Waals surface area (Å²) < 4.78 is 29.8. The van der Waals surface area contributed by atoms with Gasteiger partial charge >= 0.3 is 0 Å². The molecule has 0 fully saturated rings. The SMILES string of the molecule is Fc1ccc(N(c2ccccc2)c2cc3c(c4ccccc24)-c2c(c4ccc(N(c5ccccc5)c5cccc(F)c5)cc4c4ccccc24)C3(c2ccccc2)c2ccccc2)cc1. The molecule has 0 bridgehead atoms. The van der Waals surface area contributed by atoms with Crippen molar-refractivity contribution < 1.29 is 8.78 Å². The molecule has 65 heavy (non-hydrogen) atoms. The van der Waals surface area contributed by atoms with Gasteiger partial charge in [0.1, 0.15) is 11.6 Å². The first-order chi connectivity index (χ1) is 32.1. The molecule has 308 valence electrons. The van der Waals surface area contributed by atoms with Crippen LogP contribution in [0, 0.1) is 11.6 Å². The fourth-order valence-electron chi connectivity index (χ4n) is 10.6. The minimum atomic E-state index is -0.803. The Kier molecular flexibility index (Phi) is 9.13. The van der Waals surface area contributed by atoms with Crippen LogP contribution >= 0.6 is 0 Å². The molecule has 4 heteroatoms. The number of anilines is 6. The third-order valence-corrected chi connectivity index (χ3v) is 13.2. The standard InChI is InChI=1S/C61H40F2N2/c62-43-32-34-47(35-33-43)65(46-25-11-4-12-26-46)57-40-56-58(53-31-16-14-29-51(53)57)59-52-30-15-13-28-50(52)55-39-49(64(45-23-9-3-10-24-45)48-27-17-22-44(63)38-48)36-37-54(55)60(59)61(56,41-18-5-1-6-19-41)42-20-7-2-8-21-42/h1-40H. The molecule has 0 radical (unpaired) electrons. The molecule has 0 saturated carbocycles. The highest BCUT2D eigenvalue weighted by Gasteiger charge is 2.49. The van der Waals surface area contributed by atoms with Crippen molar-refractivity contribution in [2.24, 2.45) is 0 Å². The molecule has 0 unspecified atom stereocenters. The van der Waals surface area contributed by atoms with E-state index in [-0.39, 0.29) is 11.6 Å². The summed E-state index contributed by atoms with van der Waals surface area (Å²) in [6, 6.07) is 82.7. The molecule has 0 amide bonds. The number of hydrogen-bond donors (Lipinski definition) is 0. The zero-order valence-electron chi connectivity index (χ0n) is 35.2. The summed E-state index contributed by atoms with van der Waals surface area (Å²) in [5, 5.41) is 6.71. The largest absolute Gasteiger partial charge is 0.310 e. The van der Waals surface area contributed by atoms with E-state index in [2.05, 4.69) is 180 Å². The lowest BCUT2D eigenvalue weighted by Crippen LogP contribution is -2.29.